The maximum absolute atomic E-state index is 15.8. The molecule has 0 N–H and O–H groups in total. The summed E-state index contributed by atoms with van der Waals surface area (Å²) in [7, 11) is 1.11. The number of carbonyl (C=O) groups excluding carboxylic acids is 2. The normalized spacial score (nSPS) is 18.4. The molecule has 0 radical (unpaired) electrons. The maximum atomic E-state index is 15.8. The number of benzene rings is 2. The molecule has 2 unspecified atom stereocenters. The monoisotopic (exact) mass is 592 g/mol. The lowest BCUT2D eigenvalue weighted by atomic mass is 9.92. The predicted octanol–water partition coefficient (Wildman–Crippen LogP) is 3.42. The van der Waals surface area contributed by atoms with E-state index in [1.54, 1.807) is 23.2 Å². The number of fused-ring (bicyclic) bond motifs is 7. The Balaban J connectivity index is 1.49. The van der Waals surface area contributed by atoms with E-state index in [-0.39, 0.29) is 48.1 Å². The largest absolute Gasteiger partial charge is 0.510 e. The van der Waals surface area contributed by atoms with E-state index >= 15 is 4.39 Å². The van der Waals surface area contributed by atoms with Crippen LogP contribution < -0.4 is 15.2 Å². The van der Waals surface area contributed by atoms with Crippen LogP contribution in [0.3, 0.4) is 0 Å². The highest BCUT2D eigenvalue weighted by Crippen LogP contribution is 2.49. The maximum Gasteiger partial charge on any atom is 0.510 e. The molecule has 0 bridgehead atoms. The Morgan fingerprint density at radius 3 is 2.77 bits per heavy atom. The van der Waals surface area contributed by atoms with Crippen LogP contribution in [-0.4, -0.2) is 66.6 Å². The van der Waals surface area contributed by atoms with Gasteiger partial charge in [0.05, 0.1) is 38.1 Å². The zero-order valence-corrected chi connectivity index (χ0v) is 22.5. The molecular weight excluding hydrogens is 570 g/mol. The third kappa shape index (κ3) is 4.05. The number of nitrogens with zero attached hydrogens (tertiary/aromatic N) is 4. The number of ether oxygens (including phenoxy) is 4. The van der Waals surface area contributed by atoms with Crippen molar-refractivity contribution in [2.75, 3.05) is 38.7 Å². The molecule has 0 spiro atoms. The van der Waals surface area contributed by atoms with Crippen molar-refractivity contribution in [3.05, 3.63) is 93.5 Å². The predicted molar refractivity (Wildman–Crippen MR) is 143 cm³/mol. The SMILES string of the molecule is COC(=O)OCOc1c2n(ccc1=O)N(C1c3ccccc3-c3oncc3-c3c1ccc(F)c3F)C1COCCN1C2=O. The van der Waals surface area contributed by atoms with Gasteiger partial charge in [0.25, 0.3) is 5.91 Å². The van der Waals surface area contributed by atoms with Gasteiger partial charge in [-0.05, 0) is 17.2 Å². The summed E-state index contributed by atoms with van der Waals surface area (Å²) < 4.78 is 58.2. The molecule has 12 nitrogen and oxygen atoms in total. The van der Waals surface area contributed by atoms with Crippen molar-refractivity contribution in [1.29, 1.82) is 0 Å². The Hall–Kier alpha value is -5.24. The highest BCUT2D eigenvalue weighted by molar-refractivity contribution is 5.97. The lowest BCUT2D eigenvalue weighted by molar-refractivity contribution is -0.0208. The fourth-order valence-corrected chi connectivity index (χ4v) is 5.93. The molecule has 3 aliphatic rings. The van der Waals surface area contributed by atoms with E-state index in [1.807, 2.05) is 6.07 Å². The van der Waals surface area contributed by atoms with Crippen molar-refractivity contribution >= 4 is 12.1 Å². The zero-order chi connectivity index (χ0) is 29.8. The standard InChI is InChI=1S/C29H22F2N4O8/c1-39-29(38)42-14-41-27-20(36)8-9-34-25(27)28(37)33-10-11-40-13-21(33)35(34)24-15-4-2-3-5-16(15)26-18(12-32-43-26)22-17(24)6-7-19(30)23(22)31/h2-9,12,21,24H,10-11,13-14H2,1H3. The number of morpholine rings is 1. The van der Waals surface area contributed by atoms with E-state index in [1.165, 1.54) is 34.1 Å². The number of aromatic nitrogens is 2. The summed E-state index contributed by atoms with van der Waals surface area (Å²) in [5, 5.41) is 5.64. The Labute approximate surface area is 241 Å². The Morgan fingerprint density at radius 2 is 1.93 bits per heavy atom. The molecule has 2 aromatic heterocycles. The first-order chi connectivity index (χ1) is 20.9. The number of hydrogen-bond acceptors (Lipinski definition) is 10. The van der Waals surface area contributed by atoms with Crippen LogP contribution in [0.25, 0.3) is 22.5 Å². The van der Waals surface area contributed by atoms with Crippen molar-refractivity contribution < 1.29 is 41.8 Å². The summed E-state index contributed by atoms with van der Waals surface area (Å²) in [6.45, 7) is -0.231. The van der Waals surface area contributed by atoms with E-state index in [4.69, 9.17) is 18.7 Å². The van der Waals surface area contributed by atoms with E-state index in [0.717, 1.165) is 13.2 Å². The second kappa shape index (κ2) is 10.2. The number of hydrogen-bond donors (Lipinski definition) is 0. The van der Waals surface area contributed by atoms with Gasteiger partial charge in [0.15, 0.2) is 23.1 Å². The molecule has 0 saturated carbocycles. The number of carbonyl (C=O) groups is 2. The van der Waals surface area contributed by atoms with E-state index in [9.17, 15) is 18.8 Å². The van der Waals surface area contributed by atoms with Crippen molar-refractivity contribution in [2.24, 2.45) is 0 Å². The van der Waals surface area contributed by atoms with Gasteiger partial charge < -0.3 is 28.4 Å². The van der Waals surface area contributed by atoms with Gasteiger partial charge in [0, 0.05) is 29.9 Å². The molecule has 2 atom stereocenters. The average Bonchev–Trinajstić information content (AvgIpc) is 3.47. The molecule has 7 rings (SSSR count). The molecule has 4 aromatic rings. The van der Waals surface area contributed by atoms with Gasteiger partial charge in [-0.15, -0.1) is 0 Å². The lowest BCUT2D eigenvalue weighted by Gasteiger charge is -2.51. The van der Waals surface area contributed by atoms with E-state index in [0.29, 0.717) is 16.7 Å². The number of pyridine rings is 1. The third-order valence-corrected chi connectivity index (χ3v) is 7.73. The topological polar surface area (TPSA) is 126 Å². The van der Waals surface area contributed by atoms with Crippen LogP contribution in [0.5, 0.6) is 5.75 Å². The first-order valence-electron chi connectivity index (χ1n) is 13.2. The molecule has 1 aliphatic carbocycles. The smallest absolute Gasteiger partial charge is 0.451 e. The summed E-state index contributed by atoms with van der Waals surface area (Å²) in [4.78, 5) is 40.0. The van der Waals surface area contributed by atoms with Crippen molar-refractivity contribution in [1.82, 2.24) is 14.7 Å². The molecular formula is C29H22F2N4O8. The molecule has 14 heteroatoms. The van der Waals surface area contributed by atoms with Crippen LogP contribution in [0.2, 0.25) is 0 Å². The van der Waals surface area contributed by atoms with Crippen LogP contribution in [-0.2, 0) is 14.2 Å². The van der Waals surface area contributed by atoms with Crippen LogP contribution in [0.15, 0.2) is 64.2 Å². The Morgan fingerprint density at radius 1 is 1.09 bits per heavy atom. The fourth-order valence-electron chi connectivity index (χ4n) is 5.93. The van der Waals surface area contributed by atoms with E-state index < -0.39 is 48.1 Å². The molecule has 1 fully saturated rings. The molecule has 220 valence electrons. The van der Waals surface area contributed by atoms with Gasteiger partial charge >= 0.3 is 6.16 Å². The first-order valence-corrected chi connectivity index (χ1v) is 13.2. The summed E-state index contributed by atoms with van der Waals surface area (Å²) >= 11 is 0. The quantitative estimate of drug-likeness (QED) is 0.257. The molecule has 4 heterocycles. The number of rotatable bonds is 4. The minimum atomic E-state index is -1.09. The highest BCUT2D eigenvalue weighted by atomic mass is 19.2. The van der Waals surface area contributed by atoms with Gasteiger partial charge in [0.2, 0.25) is 18.0 Å². The van der Waals surface area contributed by atoms with Crippen LogP contribution in [0.1, 0.15) is 27.7 Å². The van der Waals surface area contributed by atoms with Gasteiger partial charge in [-0.25, -0.2) is 13.6 Å². The lowest BCUT2D eigenvalue weighted by Crippen LogP contribution is -2.66. The van der Waals surface area contributed by atoms with Crippen LogP contribution in [0, 0.1) is 11.6 Å². The number of amides is 1. The minimum absolute atomic E-state index is 0.0526. The summed E-state index contributed by atoms with van der Waals surface area (Å²) in [5.74, 6) is -2.79. The van der Waals surface area contributed by atoms with Gasteiger partial charge in [-0.3, -0.25) is 19.3 Å². The van der Waals surface area contributed by atoms with Gasteiger partial charge in [-0.2, -0.15) is 0 Å². The van der Waals surface area contributed by atoms with Crippen LogP contribution >= 0.6 is 0 Å². The second-order valence-electron chi connectivity index (χ2n) is 9.88. The zero-order valence-electron chi connectivity index (χ0n) is 22.5. The summed E-state index contributed by atoms with van der Waals surface area (Å²) in [6.07, 6.45) is 0.959. The van der Waals surface area contributed by atoms with E-state index in [2.05, 4.69) is 9.89 Å². The molecule has 43 heavy (non-hydrogen) atoms. The summed E-state index contributed by atoms with van der Waals surface area (Å²) in [6, 6.07) is 10.0. The molecule has 2 aliphatic heterocycles. The minimum Gasteiger partial charge on any atom is -0.451 e. The molecule has 2 aromatic carbocycles. The fraction of sp³-hybridized carbons (Fsp3) is 0.241. The first kappa shape index (κ1) is 26.6. The average molecular weight is 593 g/mol. The van der Waals surface area contributed by atoms with Gasteiger partial charge in [0.1, 0.15) is 6.17 Å². The van der Waals surface area contributed by atoms with Crippen molar-refractivity contribution in [3.63, 3.8) is 0 Å². The number of methoxy groups -OCH3 is 1. The summed E-state index contributed by atoms with van der Waals surface area (Å²) in [5.41, 5.74) is 0.976. The third-order valence-electron chi connectivity index (χ3n) is 7.73. The molecule has 1 saturated heterocycles. The van der Waals surface area contributed by atoms with Crippen molar-refractivity contribution in [2.45, 2.75) is 12.2 Å². The highest BCUT2D eigenvalue weighted by Gasteiger charge is 2.47. The molecule has 1 amide bonds. The number of halogens is 2. The van der Waals surface area contributed by atoms with Crippen LogP contribution in [0.4, 0.5) is 13.6 Å². The Kier molecular flexibility index (Phi) is 6.34. The second-order valence-corrected chi connectivity index (χ2v) is 9.88. The Bertz CT molecular complexity index is 1840. The van der Waals surface area contributed by atoms with Gasteiger partial charge in [-0.1, -0.05) is 35.5 Å². The van der Waals surface area contributed by atoms with Crippen molar-refractivity contribution in [3.8, 4) is 28.2 Å².